The normalized spacial score (nSPS) is 10.6. The van der Waals surface area contributed by atoms with Crippen molar-refractivity contribution in [1.82, 2.24) is 10.2 Å². The third-order valence-electron chi connectivity index (χ3n) is 3.98. The van der Waals surface area contributed by atoms with Gasteiger partial charge in [-0.1, -0.05) is 30.0 Å². The molecule has 0 aliphatic rings. The van der Waals surface area contributed by atoms with Crippen molar-refractivity contribution in [3.63, 3.8) is 0 Å². The lowest BCUT2D eigenvalue weighted by Gasteiger charge is -2.05. The van der Waals surface area contributed by atoms with Gasteiger partial charge in [0, 0.05) is 17.3 Å². The maximum absolute atomic E-state index is 12.1. The van der Waals surface area contributed by atoms with E-state index in [-0.39, 0.29) is 22.6 Å². The summed E-state index contributed by atoms with van der Waals surface area (Å²) in [5, 5.41) is 21.8. The van der Waals surface area contributed by atoms with Crippen LogP contribution in [0.2, 0.25) is 0 Å². The van der Waals surface area contributed by atoms with Gasteiger partial charge < -0.3 is 14.5 Å². The van der Waals surface area contributed by atoms with Crippen molar-refractivity contribution < 1.29 is 18.9 Å². The Morgan fingerprint density at radius 1 is 1.24 bits per heavy atom. The highest BCUT2D eigenvalue weighted by Crippen LogP contribution is 2.23. The van der Waals surface area contributed by atoms with Crippen molar-refractivity contribution in [3.05, 3.63) is 69.6 Å². The van der Waals surface area contributed by atoms with Crippen LogP contribution in [-0.4, -0.2) is 33.9 Å². The molecular formula is C19H18N4O5S. The molecule has 0 aliphatic heterocycles. The van der Waals surface area contributed by atoms with Gasteiger partial charge >= 0.3 is 0 Å². The molecule has 3 aromatic rings. The number of nitrogens with one attached hydrogen (secondary N) is 1. The molecule has 2 aromatic carbocycles. The summed E-state index contributed by atoms with van der Waals surface area (Å²) in [5.74, 6) is 0.905. The molecule has 0 aliphatic carbocycles. The smallest absolute Gasteiger partial charge is 0.277 e. The molecule has 0 saturated heterocycles. The van der Waals surface area contributed by atoms with Gasteiger partial charge in [0.25, 0.3) is 10.9 Å². The van der Waals surface area contributed by atoms with Crippen molar-refractivity contribution in [3.8, 4) is 5.75 Å². The van der Waals surface area contributed by atoms with Gasteiger partial charge in [0.2, 0.25) is 11.8 Å². The minimum atomic E-state index is -0.484. The first kappa shape index (κ1) is 20.3. The van der Waals surface area contributed by atoms with Crippen LogP contribution in [0.4, 0.5) is 11.4 Å². The van der Waals surface area contributed by atoms with Crippen LogP contribution in [0.5, 0.6) is 5.75 Å². The van der Waals surface area contributed by atoms with Crippen LogP contribution < -0.4 is 10.1 Å². The lowest BCUT2D eigenvalue weighted by Crippen LogP contribution is -2.14. The van der Waals surface area contributed by atoms with Crippen LogP contribution in [0.1, 0.15) is 17.0 Å². The Hall–Kier alpha value is -3.40. The summed E-state index contributed by atoms with van der Waals surface area (Å²) in [5.41, 5.74) is 1.83. The molecule has 0 bridgehead atoms. The zero-order valence-electron chi connectivity index (χ0n) is 15.7. The highest BCUT2D eigenvalue weighted by molar-refractivity contribution is 7.99. The molecule has 1 aromatic heterocycles. The average Bonchev–Trinajstić information content (AvgIpc) is 3.15. The second kappa shape index (κ2) is 9.20. The van der Waals surface area contributed by atoms with Crippen LogP contribution in [-0.2, 0) is 11.2 Å². The van der Waals surface area contributed by atoms with Gasteiger partial charge in [0.1, 0.15) is 5.75 Å². The number of aromatic nitrogens is 2. The second-order valence-corrected chi connectivity index (χ2v) is 7.01. The lowest BCUT2D eigenvalue weighted by molar-refractivity contribution is -0.385. The van der Waals surface area contributed by atoms with Crippen molar-refractivity contribution in [2.75, 3.05) is 18.2 Å². The van der Waals surface area contributed by atoms with Gasteiger partial charge in [-0.3, -0.25) is 14.9 Å². The monoisotopic (exact) mass is 414 g/mol. The Labute approximate surface area is 170 Å². The molecule has 0 radical (unpaired) electrons. The Bertz CT molecular complexity index is 1020. The van der Waals surface area contributed by atoms with Crippen LogP contribution in [0.25, 0.3) is 0 Å². The number of carbonyl (C=O) groups excluding carboxylic acids is 1. The molecule has 1 amide bonds. The fraction of sp³-hybridized carbons (Fsp3) is 0.211. The Morgan fingerprint density at radius 3 is 2.69 bits per heavy atom. The molecule has 0 fully saturated rings. The third kappa shape index (κ3) is 5.55. The fourth-order valence-electron chi connectivity index (χ4n) is 2.49. The minimum Gasteiger partial charge on any atom is -0.497 e. The second-order valence-electron chi connectivity index (χ2n) is 6.08. The standard InChI is InChI=1S/C19H18N4O5S/c1-12-3-6-14(10-16(12)23(25)26)20-17(24)11-29-19-22-21-18(28-19)9-13-4-7-15(27-2)8-5-13/h3-8,10H,9,11H2,1-2H3,(H,20,24). The molecule has 0 spiro atoms. The number of benzene rings is 2. The highest BCUT2D eigenvalue weighted by Gasteiger charge is 2.14. The van der Waals surface area contributed by atoms with Crippen molar-refractivity contribution in [2.45, 2.75) is 18.6 Å². The van der Waals surface area contributed by atoms with E-state index in [1.807, 2.05) is 24.3 Å². The summed E-state index contributed by atoms with van der Waals surface area (Å²) in [4.78, 5) is 22.6. The minimum absolute atomic E-state index is 0.0336. The summed E-state index contributed by atoms with van der Waals surface area (Å²) in [7, 11) is 1.60. The predicted molar refractivity (Wildman–Crippen MR) is 107 cm³/mol. The lowest BCUT2D eigenvalue weighted by atomic mass is 10.1. The zero-order chi connectivity index (χ0) is 20.8. The molecule has 1 heterocycles. The maximum Gasteiger partial charge on any atom is 0.277 e. The number of aryl methyl sites for hydroxylation is 1. The molecule has 0 unspecified atom stereocenters. The Morgan fingerprint density at radius 2 is 2.00 bits per heavy atom. The van der Waals surface area contributed by atoms with Crippen LogP contribution >= 0.6 is 11.8 Å². The molecule has 1 N–H and O–H groups in total. The number of amides is 1. The highest BCUT2D eigenvalue weighted by atomic mass is 32.2. The summed E-state index contributed by atoms with van der Waals surface area (Å²) in [6.45, 7) is 1.64. The number of nitro benzene ring substituents is 1. The van der Waals surface area contributed by atoms with E-state index in [9.17, 15) is 14.9 Å². The van der Waals surface area contributed by atoms with E-state index in [1.165, 1.54) is 6.07 Å². The molecule has 29 heavy (non-hydrogen) atoms. The molecule has 0 saturated carbocycles. The van der Waals surface area contributed by atoms with E-state index in [1.54, 1.807) is 26.2 Å². The average molecular weight is 414 g/mol. The van der Waals surface area contributed by atoms with Crippen molar-refractivity contribution in [1.29, 1.82) is 0 Å². The molecule has 150 valence electrons. The van der Waals surface area contributed by atoms with E-state index >= 15 is 0 Å². The maximum atomic E-state index is 12.1. The van der Waals surface area contributed by atoms with Gasteiger partial charge in [-0.15, -0.1) is 10.2 Å². The van der Waals surface area contributed by atoms with E-state index in [4.69, 9.17) is 9.15 Å². The Kier molecular flexibility index (Phi) is 6.45. The summed E-state index contributed by atoms with van der Waals surface area (Å²) in [6.07, 6.45) is 0.469. The van der Waals surface area contributed by atoms with Crippen molar-refractivity contribution >= 4 is 29.0 Å². The molecule has 3 rings (SSSR count). The number of nitro groups is 1. The number of methoxy groups -OCH3 is 1. The van der Waals surface area contributed by atoms with Crippen LogP contribution in [0.3, 0.4) is 0 Å². The molecule has 0 atom stereocenters. The SMILES string of the molecule is COc1ccc(Cc2nnc(SCC(=O)Nc3ccc(C)c([N+](=O)[O-])c3)o2)cc1. The predicted octanol–water partition coefficient (Wildman–Crippen LogP) is 3.62. The van der Waals surface area contributed by atoms with Gasteiger partial charge in [-0.05, 0) is 30.7 Å². The van der Waals surface area contributed by atoms with Gasteiger partial charge in [0.15, 0.2) is 0 Å². The third-order valence-corrected chi connectivity index (χ3v) is 4.80. The number of hydrogen-bond donors (Lipinski definition) is 1. The summed E-state index contributed by atoms with van der Waals surface area (Å²) in [6, 6.07) is 12.0. The van der Waals surface area contributed by atoms with Gasteiger partial charge in [-0.25, -0.2) is 0 Å². The summed E-state index contributed by atoms with van der Waals surface area (Å²) < 4.78 is 10.7. The number of thioether (sulfide) groups is 1. The van der Waals surface area contributed by atoms with E-state index in [2.05, 4.69) is 15.5 Å². The van der Waals surface area contributed by atoms with Gasteiger partial charge in [-0.2, -0.15) is 0 Å². The largest absolute Gasteiger partial charge is 0.497 e. The Balaban J connectivity index is 1.53. The van der Waals surface area contributed by atoms with Crippen LogP contribution in [0.15, 0.2) is 52.1 Å². The zero-order valence-corrected chi connectivity index (χ0v) is 16.6. The number of carbonyl (C=O) groups is 1. The number of anilines is 1. The first-order chi connectivity index (χ1) is 13.9. The number of hydrogen-bond acceptors (Lipinski definition) is 8. The van der Waals surface area contributed by atoms with E-state index < -0.39 is 4.92 Å². The number of rotatable bonds is 8. The number of nitrogens with zero attached hydrogens (tertiary/aromatic N) is 3. The topological polar surface area (TPSA) is 120 Å². The molecular weight excluding hydrogens is 396 g/mol. The van der Waals surface area contributed by atoms with Gasteiger partial charge in [0.05, 0.1) is 24.2 Å². The number of ether oxygens (including phenoxy) is 1. The quantitative estimate of drug-likeness (QED) is 0.337. The van der Waals surface area contributed by atoms with Crippen molar-refractivity contribution in [2.24, 2.45) is 0 Å². The van der Waals surface area contributed by atoms with Crippen LogP contribution in [0, 0.1) is 17.0 Å². The first-order valence-electron chi connectivity index (χ1n) is 8.57. The summed E-state index contributed by atoms with van der Waals surface area (Å²) >= 11 is 1.09. The fourth-order valence-corrected chi connectivity index (χ4v) is 3.07. The first-order valence-corrected chi connectivity index (χ1v) is 9.56. The van der Waals surface area contributed by atoms with E-state index in [0.717, 1.165) is 23.1 Å². The molecule has 9 nitrogen and oxygen atoms in total. The van der Waals surface area contributed by atoms with E-state index in [0.29, 0.717) is 23.6 Å². The molecule has 10 heteroatoms.